The molecule has 0 aliphatic rings. The van der Waals surface area contributed by atoms with Crippen LogP contribution in [-0.2, 0) is 25.5 Å². The number of rotatable bonds is 4. The number of fused-ring (bicyclic) bond motifs is 3. The second-order valence-electron chi connectivity index (χ2n) is 12.4. The summed E-state index contributed by atoms with van der Waals surface area (Å²) >= 11 is -0.255. The van der Waals surface area contributed by atoms with Gasteiger partial charge >= 0.3 is 106 Å². The molecule has 3 aromatic heterocycles. The molecule has 47 heavy (non-hydrogen) atoms. The maximum atomic E-state index is 8.04. The van der Waals surface area contributed by atoms with Crippen molar-refractivity contribution in [2.75, 3.05) is 0 Å². The Kier molecular flexibility index (Phi) is 7.55. The van der Waals surface area contributed by atoms with Crippen molar-refractivity contribution in [2.45, 2.75) is 50.2 Å². The first-order valence-electron chi connectivity index (χ1n) is 19.6. The second-order valence-corrected chi connectivity index (χ2v) is 24.0. The Balaban J connectivity index is 0.000000279. The molecule has 3 heterocycles. The summed E-state index contributed by atoms with van der Waals surface area (Å²) in [6, 6.07) is 38.9. The van der Waals surface area contributed by atoms with Gasteiger partial charge in [0.1, 0.15) is 0 Å². The standard InChI is InChI=1S/C27H22NS.C15H18GeN.Ir/c1-27(2,3)20-14-15-28-24(17-20)23-11-7-10-22-21-13-12-19(16-25(21)29-26(22)23)18-8-5-4-6-9-18;1-12-10-15(13-8-6-5-7-9-13)17-11-14(12)16(2,3)4;/h4-10,12-17H,1-3H3;5-8,10-11H,1-4H3;/q2*-1;/i1D3,2D3,3D3;;. The summed E-state index contributed by atoms with van der Waals surface area (Å²) in [5, 5.41) is 1.97. The van der Waals surface area contributed by atoms with Gasteiger partial charge in [-0.15, -0.1) is 23.8 Å². The minimum atomic E-state index is -3.34. The second kappa shape index (κ2) is 14.4. The molecule has 7 aromatic rings. The van der Waals surface area contributed by atoms with E-state index in [4.69, 9.17) is 12.3 Å². The zero-order valence-electron chi connectivity index (χ0n) is 35.6. The number of pyridine rings is 2. The van der Waals surface area contributed by atoms with Gasteiger partial charge in [0.05, 0.1) is 0 Å². The molecule has 7 rings (SSSR count). The van der Waals surface area contributed by atoms with Crippen LogP contribution in [0.4, 0.5) is 0 Å². The third-order valence-corrected chi connectivity index (χ3v) is 13.6. The zero-order chi connectivity index (χ0) is 40.0. The number of aromatic nitrogens is 2. The van der Waals surface area contributed by atoms with E-state index < -0.39 is 39.2 Å². The molecule has 0 aliphatic heterocycles. The van der Waals surface area contributed by atoms with Crippen molar-refractivity contribution in [3.63, 3.8) is 0 Å². The number of nitrogens with zero attached hydrogens (tertiary/aromatic N) is 2. The average molecular weight is 879 g/mol. The van der Waals surface area contributed by atoms with E-state index in [0.29, 0.717) is 5.56 Å². The minimum Gasteiger partial charge on any atom is -0.305 e. The van der Waals surface area contributed by atoms with Crippen LogP contribution in [0, 0.1) is 19.1 Å². The Morgan fingerprint density at radius 2 is 1.53 bits per heavy atom. The van der Waals surface area contributed by atoms with Crippen LogP contribution in [0.5, 0.6) is 0 Å². The summed E-state index contributed by atoms with van der Waals surface area (Å²) in [4.78, 5) is 8.97. The Labute approximate surface area is 312 Å². The molecule has 0 unspecified atom stereocenters. The van der Waals surface area contributed by atoms with Gasteiger partial charge in [0.25, 0.3) is 0 Å². The minimum absolute atomic E-state index is 0. The number of benzene rings is 4. The van der Waals surface area contributed by atoms with Crippen LogP contribution >= 0.6 is 11.3 Å². The van der Waals surface area contributed by atoms with Gasteiger partial charge in [-0.1, -0.05) is 74.5 Å². The first kappa shape index (κ1) is 24.7. The largest absolute Gasteiger partial charge is 0.305 e. The van der Waals surface area contributed by atoms with Crippen molar-refractivity contribution in [3.8, 4) is 33.6 Å². The molecule has 4 aromatic carbocycles. The monoisotopic (exact) mass is 880 g/mol. The van der Waals surface area contributed by atoms with Crippen molar-refractivity contribution in [3.05, 3.63) is 139 Å². The van der Waals surface area contributed by atoms with E-state index in [1.165, 1.54) is 39.6 Å². The SMILES string of the molecule is Cc1cc(-c2[c-]cccc2)nc[c]1[Ge]([CH3])([CH3])[CH3].[2H]C([2H])([2H])C(c1ccnc(-c2[c-]ccc3c2sc2cc(-c4ccccc4)ccc23)c1)(C([2H])([2H])[2H])C([2H])([2H])[2H].[Ir]. The summed E-state index contributed by atoms with van der Waals surface area (Å²) in [5.74, 6) is 7.20. The van der Waals surface area contributed by atoms with Crippen LogP contribution in [0.3, 0.4) is 0 Å². The average Bonchev–Trinajstić information content (AvgIpc) is 3.49. The zero-order valence-corrected chi connectivity index (χ0v) is 31.9. The maximum Gasteiger partial charge on any atom is 0.0245 e. The molecule has 0 aliphatic carbocycles. The van der Waals surface area contributed by atoms with Crippen LogP contribution in [0.25, 0.3) is 53.8 Å². The van der Waals surface area contributed by atoms with Crippen molar-refractivity contribution >= 4 is 49.2 Å². The third kappa shape index (κ3) is 7.84. The Bertz CT molecular complexity index is 2420. The van der Waals surface area contributed by atoms with E-state index >= 15 is 0 Å². The molecular formula is C42H40GeIrN2S-2. The molecular weight excluding hydrogens is 829 g/mol. The normalized spacial score (nSPS) is 15.2. The van der Waals surface area contributed by atoms with E-state index in [9.17, 15) is 0 Å². The predicted molar refractivity (Wildman–Crippen MR) is 202 cm³/mol. The van der Waals surface area contributed by atoms with Crippen molar-refractivity contribution < 1.29 is 32.4 Å². The molecule has 0 atom stereocenters. The van der Waals surface area contributed by atoms with Crippen LogP contribution in [-0.4, -0.2) is 23.2 Å². The number of aryl methyl sites for hydroxylation is 1. The predicted octanol–water partition coefficient (Wildman–Crippen LogP) is 11.3. The quantitative estimate of drug-likeness (QED) is 0.130. The van der Waals surface area contributed by atoms with Gasteiger partial charge in [0.2, 0.25) is 0 Å². The van der Waals surface area contributed by atoms with E-state index in [1.807, 2.05) is 60.7 Å². The smallest absolute Gasteiger partial charge is 0.0245 e. The van der Waals surface area contributed by atoms with Crippen molar-refractivity contribution in [1.82, 2.24) is 9.97 Å². The van der Waals surface area contributed by atoms with Gasteiger partial charge in [0, 0.05) is 43.3 Å². The number of hydrogen-bond donors (Lipinski definition) is 0. The fourth-order valence-corrected chi connectivity index (χ4v) is 10.4. The summed E-state index contributed by atoms with van der Waals surface area (Å²) in [6.45, 7) is -7.84. The Morgan fingerprint density at radius 1 is 0.745 bits per heavy atom. The summed E-state index contributed by atoms with van der Waals surface area (Å²) < 4.78 is 75.7. The summed E-state index contributed by atoms with van der Waals surface area (Å²) in [7, 11) is 0. The topological polar surface area (TPSA) is 25.8 Å². The molecule has 0 spiro atoms. The van der Waals surface area contributed by atoms with E-state index in [-0.39, 0.29) is 31.4 Å². The van der Waals surface area contributed by atoms with Crippen LogP contribution < -0.4 is 4.40 Å². The molecule has 0 saturated heterocycles. The molecule has 2 nitrogen and oxygen atoms in total. The first-order chi connectivity index (χ1) is 25.7. The molecule has 5 heteroatoms. The molecule has 0 saturated carbocycles. The first-order valence-corrected chi connectivity index (χ1v) is 23.2. The molecule has 0 amide bonds. The third-order valence-electron chi connectivity index (χ3n) is 7.89. The Hall–Kier alpha value is -3.41. The molecule has 1 radical (unpaired) electrons. The number of hydrogen-bond acceptors (Lipinski definition) is 3. The molecule has 239 valence electrons. The van der Waals surface area contributed by atoms with Crippen LogP contribution in [0.1, 0.15) is 44.0 Å². The van der Waals surface area contributed by atoms with Crippen LogP contribution in [0.15, 0.2) is 116 Å². The van der Waals surface area contributed by atoms with Crippen LogP contribution in [0.2, 0.25) is 17.3 Å². The molecule has 0 bridgehead atoms. The van der Waals surface area contributed by atoms with Crippen molar-refractivity contribution in [2.24, 2.45) is 0 Å². The molecule has 0 N–H and O–H groups in total. The fraction of sp³-hybridized carbons (Fsp3) is 0.190. The van der Waals surface area contributed by atoms with Gasteiger partial charge in [-0.05, 0) is 50.0 Å². The van der Waals surface area contributed by atoms with Gasteiger partial charge in [0.15, 0.2) is 0 Å². The van der Waals surface area contributed by atoms with Gasteiger partial charge in [-0.2, -0.15) is 11.3 Å². The maximum absolute atomic E-state index is 8.04. The van der Waals surface area contributed by atoms with Crippen molar-refractivity contribution in [1.29, 1.82) is 0 Å². The van der Waals surface area contributed by atoms with E-state index in [1.54, 1.807) is 6.07 Å². The van der Waals surface area contributed by atoms with E-state index in [2.05, 4.69) is 76.8 Å². The molecule has 0 fully saturated rings. The number of thiophene rings is 1. The Morgan fingerprint density at radius 3 is 2.23 bits per heavy atom. The van der Waals surface area contributed by atoms with E-state index in [0.717, 1.165) is 42.6 Å². The van der Waals surface area contributed by atoms with Gasteiger partial charge < -0.3 is 4.98 Å². The van der Waals surface area contributed by atoms with Gasteiger partial charge in [-0.25, -0.2) is 0 Å². The summed E-state index contributed by atoms with van der Waals surface area (Å²) in [6.07, 6.45) is 3.33. The fourth-order valence-electron chi connectivity index (χ4n) is 5.58. The van der Waals surface area contributed by atoms with Gasteiger partial charge in [-0.3, -0.25) is 0 Å². The summed E-state index contributed by atoms with van der Waals surface area (Å²) in [5.41, 5.74) is 3.00.